The Balaban J connectivity index is 1.52. The maximum atomic E-state index is 13.9. The van der Waals surface area contributed by atoms with E-state index in [4.69, 9.17) is 4.74 Å². The van der Waals surface area contributed by atoms with Crippen molar-refractivity contribution in [2.45, 2.75) is 18.3 Å². The van der Waals surface area contributed by atoms with Crippen molar-refractivity contribution in [3.63, 3.8) is 0 Å². The molecule has 0 bridgehead atoms. The van der Waals surface area contributed by atoms with Gasteiger partial charge in [-0.25, -0.2) is 4.39 Å². The van der Waals surface area contributed by atoms with Gasteiger partial charge in [-0.1, -0.05) is 29.8 Å². The van der Waals surface area contributed by atoms with Gasteiger partial charge in [0.05, 0.1) is 13.2 Å². The lowest BCUT2D eigenvalue weighted by Gasteiger charge is -2.30. The molecule has 2 saturated heterocycles. The van der Waals surface area contributed by atoms with Gasteiger partial charge in [0.15, 0.2) is 0 Å². The summed E-state index contributed by atoms with van der Waals surface area (Å²) in [4.78, 5) is 30.5. The Bertz CT molecular complexity index is 967. The van der Waals surface area contributed by atoms with Gasteiger partial charge in [-0.05, 0) is 36.8 Å². The summed E-state index contributed by atoms with van der Waals surface area (Å²) < 4.78 is 19.3. The van der Waals surface area contributed by atoms with E-state index in [1.54, 1.807) is 23.1 Å². The molecule has 6 nitrogen and oxygen atoms in total. The van der Waals surface area contributed by atoms with Crippen LogP contribution in [0.4, 0.5) is 4.39 Å². The molecule has 2 fully saturated rings. The van der Waals surface area contributed by atoms with Crippen molar-refractivity contribution in [2.24, 2.45) is 0 Å². The van der Waals surface area contributed by atoms with Crippen LogP contribution in [0.25, 0.3) is 0 Å². The molecule has 8 heteroatoms. The van der Waals surface area contributed by atoms with Gasteiger partial charge in [-0.3, -0.25) is 14.5 Å². The highest BCUT2D eigenvalue weighted by Gasteiger charge is 2.42. The Hall–Kier alpha value is -2.42. The Kier molecular flexibility index (Phi) is 7.44. The fourth-order valence-corrected chi connectivity index (χ4v) is 5.50. The Labute approximate surface area is 192 Å². The normalized spacial score (nSPS) is 21.5. The lowest BCUT2D eigenvalue weighted by molar-refractivity contribution is -0.124. The molecule has 4 rings (SSSR count). The Morgan fingerprint density at radius 3 is 2.69 bits per heavy atom. The standard InChI is InChI=1S/C24H28FN3O3S/c1-17-4-2-5-18(14-17)23(30)28-21(16-32-24(28)19-6-3-7-20(25)15-19)22(29)26-8-9-27-10-12-31-13-11-27/h2-7,14-15,21,24H,8-13,16H2,1H3,(H,26,29). The maximum absolute atomic E-state index is 13.9. The molecule has 0 aliphatic carbocycles. The molecule has 2 aliphatic heterocycles. The van der Waals surface area contributed by atoms with Gasteiger partial charge in [0, 0.05) is 37.5 Å². The third-order valence-corrected chi connectivity index (χ3v) is 7.09. The number of carbonyl (C=O) groups is 2. The molecule has 2 amide bonds. The average Bonchev–Trinajstić information content (AvgIpc) is 3.24. The van der Waals surface area contributed by atoms with Crippen LogP contribution in [-0.4, -0.2) is 72.8 Å². The molecule has 0 saturated carbocycles. The molecule has 0 spiro atoms. The number of thioether (sulfide) groups is 1. The predicted octanol–water partition coefficient (Wildman–Crippen LogP) is 2.84. The summed E-state index contributed by atoms with van der Waals surface area (Å²) in [7, 11) is 0. The van der Waals surface area contributed by atoms with Gasteiger partial charge in [0.2, 0.25) is 5.91 Å². The third-order valence-electron chi connectivity index (χ3n) is 5.77. The van der Waals surface area contributed by atoms with E-state index in [0.29, 0.717) is 36.6 Å². The zero-order valence-electron chi connectivity index (χ0n) is 18.1. The minimum absolute atomic E-state index is 0.175. The summed E-state index contributed by atoms with van der Waals surface area (Å²) in [6.45, 7) is 6.31. The van der Waals surface area contributed by atoms with Crippen LogP contribution >= 0.6 is 11.8 Å². The van der Waals surface area contributed by atoms with E-state index < -0.39 is 11.4 Å². The molecule has 2 atom stereocenters. The Morgan fingerprint density at radius 2 is 1.94 bits per heavy atom. The van der Waals surface area contributed by atoms with Crippen molar-refractivity contribution in [1.29, 1.82) is 0 Å². The van der Waals surface area contributed by atoms with Crippen LogP contribution < -0.4 is 5.32 Å². The molecule has 170 valence electrons. The zero-order valence-corrected chi connectivity index (χ0v) is 18.9. The molecule has 2 aromatic carbocycles. The van der Waals surface area contributed by atoms with Crippen molar-refractivity contribution in [3.8, 4) is 0 Å². The van der Waals surface area contributed by atoms with E-state index >= 15 is 0 Å². The number of carbonyl (C=O) groups excluding carboxylic acids is 2. The molecule has 2 aromatic rings. The third kappa shape index (κ3) is 5.31. The highest BCUT2D eigenvalue weighted by Crippen LogP contribution is 2.42. The summed E-state index contributed by atoms with van der Waals surface area (Å²) in [5, 5.41) is 2.58. The zero-order chi connectivity index (χ0) is 22.5. The molecule has 0 aromatic heterocycles. The molecule has 0 radical (unpaired) electrons. The summed E-state index contributed by atoms with van der Waals surface area (Å²) in [5.41, 5.74) is 2.18. The summed E-state index contributed by atoms with van der Waals surface area (Å²) in [5.74, 6) is -0.293. The Morgan fingerprint density at radius 1 is 1.16 bits per heavy atom. The van der Waals surface area contributed by atoms with Gasteiger partial charge < -0.3 is 15.0 Å². The largest absolute Gasteiger partial charge is 0.379 e. The monoisotopic (exact) mass is 457 g/mol. The van der Waals surface area contributed by atoms with Gasteiger partial charge >= 0.3 is 0 Å². The highest BCUT2D eigenvalue weighted by atomic mass is 32.2. The number of rotatable bonds is 6. The SMILES string of the molecule is Cc1cccc(C(=O)N2C(C(=O)NCCN3CCOCC3)CSC2c2cccc(F)c2)c1. The minimum atomic E-state index is -0.619. The first-order valence-electron chi connectivity index (χ1n) is 10.9. The summed E-state index contributed by atoms with van der Waals surface area (Å²) in [6.07, 6.45) is 0. The van der Waals surface area contributed by atoms with E-state index in [2.05, 4.69) is 10.2 Å². The second-order valence-electron chi connectivity index (χ2n) is 8.08. The average molecular weight is 458 g/mol. The van der Waals surface area contributed by atoms with Crippen LogP contribution in [0.15, 0.2) is 48.5 Å². The second-order valence-corrected chi connectivity index (χ2v) is 9.20. The van der Waals surface area contributed by atoms with Crippen LogP contribution in [-0.2, 0) is 9.53 Å². The number of halogens is 1. The predicted molar refractivity (Wildman–Crippen MR) is 123 cm³/mol. The number of nitrogens with one attached hydrogen (secondary N) is 1. The van der Waals surface area contributed by atoms with Crippen molar-refractivity contribution in [2.75, 3.05) is 45.1 Å². The first-order valence-corrected chi connectivity index (χ1v) is 11.9. The molecule has 2 heterocycles. The molecule has 1 N–H and O–H groups in total. The topological polar surface area (TPSA) is 61.9 Å². The molecule has 2 aliphatic rings. The van der Waals surface area contributed by atoms with E-state index in [1.807, 2.05) is 25.1 Å². The number of morpholine rings is 1. The summed E-state index contributed by atoms with van der Waals surface area (Å²) in [6, 6.07) is 13.0. The maximum Gasteiger partial charge on any atom is 0.255 e. The van der Waals surface area contributed by atoms with Crippen LogP contribution in [0.3, 0.4) is 0 Å². The number of hydrogen-bond donors (Lipinski definition) is 1. The van der Waals surface area contributed by atoms with Crippen LogP contribution in [0.5, 0.6) is 0 Å². The fourth-order valence-electron chi connectivity index (χ4n) is 4.08. The van der Waals surface area contributed by atoms with Crippen molar-refractivity contribution in [1.82, 2.24) is 15.1 Å². The lowest BCUT2D eigenvalue weighted by Crippen LogP contribution is -2.49. The summed E-state index contributed by atoms with van der Waals surface area (Å²) >= 11 is 1.49. The molecule has 32 heavy (non-hydrogen) atoms. The van der Waals surface area contributed by atoms with E-state index in [1.165, 1.54) is 23.9 Å². The number of aryl methyl sites for hydroxylation is 1. The number of amides is 2. The number of benzene rings is 2. The van der Waals surface area contributed by atoms with E-state index in [-0.39, 0.29) is 17.6 Å². The molecular formula is C24H28FN3O3S. The fraction of sp³-hybridized carbons (Fsp3) is 0.417. The van der Waals surface area contributed by atoms with Crippen LogP contribution in [0, 0.1) is 12.7 Å². The van der Waals surface area contributed by atoms with Crippen LogP contribution in [0.1, 0.15) is 26.9 Å². The first kappa shape index (κ1) is 22.8. The second kappa shape index (κ2) is 10.5. The van der Waals surface area contributed by atoms with Gasteiger partial charge in [0.25, 0.3) is 5.91 Å². The van der Waals surface area contributed by atoms with E-state index in [9.17, 15) is 14.0 Å². The quantitative estimate of drug-likeness (QED) is 0.723. The minimum Gasteiger partial charge on any atom is -0.379 e. The smallest absolute Gasteiger partial charge is 0.255 e. The molecule has 2 unspecified atom stereocenters. The van der Waals surface area contributed by atoms with Crippen molar-refractivity contribution >= 4 is 23.6 Å². The molecular weight excluding hydrogens is 429 g/mol. The van der Waals surface area contributed by atoms with E-state index in [0.717, 1.165) is 25.2 Å². The van der Waals surface area contributed by atoms with Crippen LogP contribution in [0.2, 0.25) is 0 Å². The van der Waals surface area contributed by atoms with Gasteiger partial charge in [0.1, 0.15) is 17.2 Å². The van der Waals surface area contributed by atoms with Gasteiger partial charge in [-0.2, -0.15) is 0 Å². The van der Waals surface area contributed by atoms with Gasteiger partial charge in [-0.15, -0.1) is 11.8 Å². The highest BCUT2D eigenvalue weighted by molar-refractivity contribution is 7.99. The number of hydrogen-bond acceptors (Lipinski definition) is 5. The first-order chi connectivity index (χ1) is 15.5. The number of nitrogens with zero attached hydrogens (tertiary/aromatic N) is 2. The lowest BCUT2D eigenvalue weighted by atomic mass is 10.1. The number of ether oxygens (including phenoxy) is 1. The van der Waals surface area contributed by atoms with Crippen molar-refractivity contribution < 1.29 is 18.7 Å². The van der Waals surface area contributed by atoms with Crippen molar-refractivity contribution in [3.05, 3.63) is 71.0 Å².